The minimum absolute atomic E-state index is 0.134. The van der Waals surface area contributed by atoms with E-state index in [0.29, 0.717) is 0 Å². The van der Waals surface area contributed by atoms with Gasteiger partial charge in [0.15, 0.2) is 0 Å². The third kappa shape index (κ3) is 0.960. The highest BCUT2D eigenvalue weighted by molar-refractivity contribution is 5.80. The van der Waals surface area contributed by atoms with E-state index >= 15 is 0 Å². The van der Waals surface area contributed by atoms with Crippen LogP contribution in [0, 0.1) is 6.92 Å². The highest BCUT2D eigenvalue weighted by Gasteiger charge is 2.37. The van der Waals surface area contributed by atoms with Crippen LogP contribution in [-0.4, -0.2) is 4.57 Å². The molecule has 2 aromatic rings. The lowest BCUT2D eigenvalue weighted by atomic mass is 9.85. The summed E-state index contributed by atoms with van der Waals surface area (Å²) >= 11 is 0. The zero-order chi connectivity index (χ0) is 11.5. The quantitative estimate of drug-likeness (QED) is 0.627. The van der Waals surface area contributed by atoms with E-state index in [4.69, 9.17) is 0 Å². The molecule has 0 N–H and O–H groups in total. The lowest BCUT2D eigenvalue weighted by molar-refractivity contribution is 0.596. The zero-order valence-corrected chi connectivity index (χ0v) is 10.3. The van der Waals surface area contributed by atoms with Gasteiger partial charge in [-0.3, -0.25) is 0 Å². The largest absolute Gasteiger partial charge is 0.351 e. The normalized spacial score (nSPS) is 16.0. The zero-order valence-electron chi connectivity index (χ0n) is 10.3. The van der Waals surface area contributed by atoms with Gasteiger partial charge >= 0.3 is 0 Å². The van der Waals surface area contributed by atoms with Gasteiger partial charge in [-0.1, -0.05) is 38.1 Å². The van der Waals surface area contributed by atoms with Crippen LogP contribution in [0.1, 0.15) is 30.8 Å². The Balaban J connectivity index is 2.43. The Morgan fingerprint density at radius 1 is 1.06 bits per heavy atom. The molecular formula is C15H17N. The number of aryl methyl sites for hydroxylation is 1. The van der Waals surface area contributed by atoms with Crippen molar-refractivity contribution in [2.45, 2.75) is 26.2 Å². The van der Waals surface area contributed by atoms with Crippen molar-refractivity contribution in [2.75, 3.05) is 0 Å². The van der Waals surface area contributed by atoms with Crippen molar-refractivity contribution >= 4 is 0 Å². The predicted molar refractivity (Wildman–Crippen MR) is 67.7 cm³/mol. The summed E-state index contributed by atoms with van der Waals surface area (Å²) < 4.78 is 2.33. The van der Waals surface area contributed by atoms with Gasteiger partial charge in [-0.2, -0.15) is 0 Å². The number of aromatic nitrogens is 1. The predicted octanol–water partition coefficient (Wildman–Crippen LogP) is 3.64. The van der Waals surface area contributed by atoms with Crippen LogP contribution in [0.25, 0.3) is 11.1 Å². The van der Waals surface area contributed by atoms with Crippen molar-refractivity contribution in [3.05, 3.63) is 47.3 Å². The van der Waals surface area contributed by atoms with Gasteiger partial charge in [0, 0.05) is 29.4 Å². The molecule has 16 heavy (non-hydrogen) atoms. The van der Waals surface area contributed by atoms with Gasteiger partial charge in [-0.15, -0.1) is 0 Å². The molecule has 3 rings (SSSR count). The molecule has 1 aliphatic carbocycles. The number of hydrogen-bond acceptors (Lipinski definition) is 0. The van der Waals surface area contributed by atoms with E-state index in [1.165, 1.54) is 28.1 Å². The summed E-state index contributed by atoms with van der Waals surface area (Å²) in [6, 6.07) is 11.1. The van der Waals surface area contributed by atoms with Gasteiger partial charge in [-0.05, 0) is 24.1 Å². The molecule has 1 heterocycles. The molecule has 0 fully saturated rings. The molecule has 1 nitrogen and oxygen atoms in total. The Kier molecular flexibility index (Phi) is 1.69. The number of benzene rings is 1. The maximum atomic E-state index is 2.33. The average Bonchev–Trinajstić information content (AvgIpc) is 2.66. The Hall–Kier alpha value is -1.50. The van der Waals surface area contributed by atoms with Crippen LogP contribution < -0.4 is 0 Å². The number of hydrogen-bond donors (Lipinski definition) is 0. The number of fused-ring (bicyclic) bond motifs is 3. The molecule has 1 aromatic carbocycles. The standard InChI is InChI=1S/C15H17N/c1-10-9-12-11-7-5-6-8-13(11)15(2,3)14(12)16(10)4/h5-9H,1-4H3. The number of nitrogens with zero attached hydrogens (tertiary/aromatic N) is 1. The fourth-order valence-corrected chi connectivity index (χ4v) is 3.08. The number of rotatable bonds is 0. The fourth-order valence-electron chi connectivity index (χ4n) is 3.08. The molecule has 0 saturated carbocycles. The Labute approximate surface area is 96.7 Å². The van der Waals surface area contributed by atoms with Crippen LogP contribution in [-0.2, 0) is 12.5 Å². The molecule has 0 unspecified atom stereocenters. The van der Waals surface area contributed by atoms with Gasteiger partial charge in [-0.25, -0.2) is 0 Å². The first-order chi connectivity index (χ1) is 7.53. The van der Waals surface area contributed by atoms with Gasteiger partial charge < -0.3 is 4.57 Å². The molecule has 1 aliphatic rings. The molecule has 0 atom stereocenters. The van der Waals surface area contributed by atoms with Crippen LogP contribution in [0.15, 0.2) is 30.3 Å². The van der Waals surface area contributed by atoms with Gasteiger partial charge in [0.25, 0.3) is 0 Å². The summed E-state index contributed by atoms with van der Waals surface area (Å²) in [5.41, 5.74) is 7.20. The van der Waals surface area contributed by atoms with Crippen molar-refractivity contribution in [2.24, 2.45) is 7.05 Å². The first kappa shape index (κ1) is 9.71. The van der Waals surface area contributed by atoms with Gasteiger partial charge in [0.2, 0.25) is 0 Å². The monoisotopic (exact) mass is 211 g/mol. The van der Waals surface area contributed by atoms with E-state index in [1.54, 1.807) is 0 Å². The lowest BCUT2D eigenvalue weighted by Crippen LogP contribution is -2.19. The summed E-state index contributed by atoms with van der Waals surface area (Å²) in [4.78, 5) is 0. The Morgan fingerprint density at radius 3 is 2.50 bits per heavy atom. The highest BCUT2D eigenvalue weighted by Crippen LogP contribution is 2.49. The molecule has 0 spiro atoms. The minimum Gasteiger partial charge on any atom is -0.351 e. The lowest BCUT2D eigenvalue weighted by Gasteiger charge is -2.23. The smallest absolute Gasteiger partial charge is 0.0354 e. The van der Waals surface area contributed by atoms with Crippen molar-refractivity contribution in [3.63, 3.8) is 0 Å². The second-order valence-corrected chi connectivity index (χ2v) is 5.28. The summed E-state index contributed by atoms with van der Waals surface area (Å²) in [7, 11) is 2.17. The summed E-state index contributed by atoms with van der Waals surface area (Å²) in [6.45, 7) is 6.81. The topological polar surface area (TPSA) is 4.93 Å². The first-order valence-corrected chi connectivity index (χ1v) is 5.80. The highest BCUT2D eigenvalue weighted by atomic mass is 15.0. The van der Waals surface area contributed by atoms with Crippen molar-refractivity contribution in [1.82, 2.24) is 4.57 Å². The van der Waals surface area contributed by atoms with Crippen LogP contribution in [0.4, 0.5) is 0 Å². The molecule has 0 saturated heterocycles. The molecule has 1 aromatic heterocycles. The second kappa shape index (κ2) is 2.79. The third-order valence-electron chi connectivity index (χ3n) is 3.96. The summed E-state index contributed by atoms with van der Waals surface area (Å²) in [6.07, 6.45) is 0. The average molecular weight is 211 g/mol. The Morgan fingerprint density at radius 2 is 1.75 bits per heavy atom. The Bertz CT molecular complexity index is 573. The summed E-state index contributed by atoms with van der Waals surface area (Å²) in [5, 5.41) is 0. The van der Waals surface area contributed by atoms with Gasteiger partial charge in [0.05, 0.1) is 0 Å². The second-order valence-electron chi connectivity index (χ2n) is 5.28. The fraction of sp³-hybridized carbons (Fsp3) is 0.333. The van der Waals surface area contributed by atoms with Gasteiger partial charge in [0.1, 0.15) is 0 Å². The molecule has 0 aliphatic heterocycles. The van der Waals surface area contributed by atoms with Crippen molar-refractivity contribution in [1.29, 1.82) is 0 Å². The van der Waals surface area contributed by atoms with E-state index in [0.717, 1.165) is 0 Å². The first-order valence-electron chi connectivity index (χ1n) is 5.80. The summed E-state index contributed by atoms with van der Waals surface area (Å²) in [5.74, 6) is 0. The van der Waals surface area contributed by atoms with E-state index < -0.39 is 0 Å². The van der Waals surface area contributed by atoms with E-state index in [2.05, 4.69) is 62.7 Å². The molecule has 0 amide bonds. The van der Waals surface area contributed by atoms with E-state index in [9.17, 15) is 0 Å². The van der Waals surface area contributed by atoms with E-state index in [-0.39, 0.29) is 5.41 Å². The molecule has 0 bridgehead atoms. The maximum absolute atomic E-state index is 2.33. The van der Waals surface area contributed by atoms with Crippen LogP contribution in [0.5, 0.6) is 0 Å². The van der Waals surface area contributed by atoms with E-state index in [1.807, 2.05) is 0 Å². The van der Waals surface area contributed by atoms with Crippen LogP contribution in [0.3, 0.4) is 0 Å². The molecular weight excluding hydrogens is 194 g/mol. The SMILES string of the molecule is Cc1cc2c(n1C)C(C)(C)c1ccccc1-2. The van der Waals surface area contributed by atoms with Crippen LogP contribution in [0.2, 0.25) is 0 Å². The van der Waals surface area contributed by atoms with Crippen molar-refractivity contribution < 1.29 is 0 Å². The maximum Gasteiger partial charge on any atom is 0.0354 e. The molecule has 82 valence electrons. The molecule has 1 heteroatoms. The third-order valence-corrected chi connectivity index (χ3v) is 3.96. The van der Waals surface area contributed by atoms with Crippen LogP contribution >= 0.6 is 0 Å². The minimum atomic E-state index is 0.134. The van der Waals surface area contributed by atoms with Crippen molar-refractivity contribution in [3.8, 4) is 11.1 Å². The molecule has 0 radical (unpaired) electrons.